The molecule has 2 aliphatic rings. The van der Waals surface area contributed by atoms with Crippen LogP contribution in [-0.2, 0) is 4.74 Å². The largest absolute Gasteiger partial charge is 0.376 e. The minimum atomic E-state index is -0.251. The highest BCUT2D eigenvalue weighted by Crippen LogP contribution is 2.20. The van der Waals surface area contributed by atoms with Crippen LogP contribution in [0.5, 0.6) is 0 Å². The highest BCUT2D eigenvalue weighted by molar-refractivity contribution is 5.95. The van der Waals surface area contributed by atoms with Gasteiger partial charge in [0.25, 0.3) is 5.91 Å². The lowest BCUT2D eigenvalue weighted by molar-refractivity contribution is 0.0635. The summed E-state index contributed by atoms with van der Waals surface area (Å²) in [6, 6.07) is 7.14. The number of hydrogen-bond acceptors (Lipinski definition) is 3. The fourth-order valence-electron chi connectivity index (χ4n) is 3.45. The van der Waals surface area contributed by atoms with Crippen molar-refractivity contribution in [3.63, 3.8) is 0 Å². The van der Waals surface area contributed by atoms with Crippen LogP contribution in [0.4, 0.5) is 10.5 Å². The Kier molecular flexibility index (Phi) is 5.91. The monoisotopic (exact) mass is 345 g/mol. The number of ether oxygens (including phenoxy) is 1. The standard InChI is InChI=1S/C19H27N3O3/c1-14-5-2-3-11-22(14)18(23)15-7-9-16(10-8-15)21-19(24)20-13-17-6-4-12-25-17/h7-10,14,17H,2-6,11-13H2,1H3,(H2,20,21,24)/t14-,17+/m0/s1. The summed E-state index contributed by atoms with van der Waals surface area (Å²) in [5.41, 5.74) is 1.34. The molecule has 0 aliphatic carbocycles. The van der Waals surface area contributed by atoms with Gasteiger partial charge in [0.05, 0.1) is 6.10 Å². The van der Waals surface area contributed by atoms with E-state index in [9.17, 15) is 9.59 Å². The number of nitrogens with one attached hydrogen (secondary N) is 2. The number of nitrogens with zero attached hydrogens (tertiary/aromatic N) is 1. The highest BCUT2D eigenvalue weighted by Gasteiger charge is 2.24. The number of likely N-dealkylation sites (tertiary alicyclic amines) is 1. The van der Waals surface area contributed by atoms with Gasteiger partial charge < -0.3 is 20.3 Å². The van der Waals surface area contributed by atoms with Gasteiger partial charge in [-0.15, -0.1) is 0 Å². The van der Waals surface area contributed by atoms with E-state index in [0.717, 1.165) is 38.8 Å². The molecule has 0 bridgehead atoms. The lowest BCUT2D eigenvalue weighted by atomic mass is 10.0. The molecule has 0 saturated carbocycles. The summed E-state index contributed by atoms with van der Waals surface area (Å²) >= 11 is 0. The number of anilines is 1. The average Bonchev–Trinajstić information content (AvgIpc) is 3.14. The Labute approximate surface area is 148 Å². The van der Waals surface area contributed by atoms with Gasteiger partial charge in [0.2, 0.25) is 0 Å². The number of urea groups is 1. The molecule has 136 valence electrons. The van der Waals surface area contributed by atoms with Crippen LogP contribution in [0.1, 0.15) is 49.4 Å². The molecule has 3 rings (SSSR count). The maximum atomic E-state index is 12.6. The van der Waals surface area contributed by atoms with E-state index in [0.29, 0.717) is 23.8 Å². The zero-order valence-electron chi connectivity index (χ0n) is 14.8. The molecule has 2 saturated heterocycles. The molecule has 0 aromatic heterocycles. The van der Waals surface area contributed by atoms with Crippen LogP contribution < -0.4 is 10.6 Å². The number of benzene rings is 1. The van der Waals surface area contributed by atoms with Crippen LogP contribution in [0.3, 0.4) is 0 Å². The Morgan fingerprint density at radius 3 is 2.64 bits per heavy atom. The predicted octanol–water partition coefficient (Wildman–Crippen LogP) is 3.00. The van der Waals surface area contributed by atoms with E-state index in [2.05, 4.69) is 17.6 Å². The van der Waals surface area contributed by atoms with Crippen molar-refractivity contribution in [1.82, 2.24) is 10.2 Å². The second-order valence-electron chi connectivity index (χ2n) is 6.89. The van der Waals surface area contributed by atoms with Crippen molar-refractivity contribution in [2.75, 3.05) is 25.0 Å². The van der Waals surface area contributed by atoms with E-state index in [1.54, 1.807) is 24.3 Å². The Balaban J connectivity index is 1.51. The molecule has 2 atom stereocenters. The average molecular weight is 345 g/mol. The minimum absolute atomic E-state index is 0.0709. The number of hydrogen-bond donors (Lipinski definition) is 2. The smallest absolute Gasteiger partial charge is 0.319 e. The van der Waals surface area contributed by atoms with E-state index in [4.69, 9.17) is 4.74 Å². The molecule has 6 nitrogen and oxygen atoms in total. The first-order valence-corrected chi connectivity index (χ1v) is 9.21. The molecule has 2 aliphatic heterocycles. The second-order valence-corrected chi connectivity index (χ2v) is 6.89. The van der Waals surface area contributed by atoms with Gasteiger partial charge in [-0.05, 0) is 63.3 Å². The molecule has 1 aromatic carbocycles. The summed E-state index contributed by atoms with van der Waals surface area (Å²) in [4.78, 5) is 26.5. The van der Waals surface area contributed by atoms with Crippen LogP contribution in [0.15, 0.2) is 24.3 Å². The maximum absolute atomic E-state index is 12.6. The van der Waals surface area contributed by atoms with E-state index >= 15 is 0 Å². The number of carbonyl (C=O) groups is 2. The molecule has 1 aromatic rings. The van der Waals surface area contributed by atoms with Crippen LogP contribution in [0.2, 0.25) is 0 Å². The summed E-state index contributed by atoms with van der Waals surface area (Å²) in [5.74, 6) is 0.0709. The summed E-state index contributed by atoms with van der Waals surface area (Å²) in [6.45, 7) is 4.23. The first kappa shape index (κ1) is 17.7. The summed E-state index contributed by atoms with van der Waals surface area (Å²) in [5, 5.41) is 5.61. The Bertz CT molecular complexity index is 596. The minimum Gasteiger partial charge on any atom is -0.376 e. The molecular formula is C19H27N3O3. The van der Waals surface area contributed by atoms with Crippen molar-refractivity contribution >= 4 is 17.6 Å². The summed E-state index contributed by atoms with van der Waals surface area (Å²) in [6.07, 6.45) is 5.49. The number of carbonyl (C=O) groups excluding carboxylic acids is 2. The van der Waals surface area contributed by atoms with Gasteiger partial charge in [0.15, 0.2) is 0 Å². The fraction of sp³-hybridized carbons (Fsp3) is 0.579. The van der Waals surface area contributed by atoms with Gasteiger partial charge in [0, 0.05) is 37.0 Å². The van der Waals surface area contributed by atoms with Crippen molar-refractivity contribution in [3.8, 4) is 0 Å². The molecule has 0 radical (unpaired) electrons. The quantitative estimate of drug-likeness (QED) is 0.881. The van der Waals surface area contributed by atoms with Crippen LogP contribution in [-0.4, -0.2) is 48.7 Å². The Morgan fingerprint density at radius 1 is 1.16 bits per heavy atom. The van der Waals surface area contributed by atoms with E-state index in [1.807, 2.05) is 4.90 Å². The molecule has 0 unspecified atom stereocenters. The van der Waals surface area contributed by atoms with Crippen LogP contribution >= 0.6 is 0 Å². The number of piperidine rings is 1. The molecule has 0 spiro atoms. The first-order chi connectivity index (χ1) is 12.1. The molecule has 6 heteroatoms. The zero-order valence-corrected chi connectivity index (χ0v) is 14.8. The number of amides is 3. The van der Waals surface area contributed by atoms with E-state index in [-0.39, 0.29) is 18.0 Å². The lowest BCUT2D eigenvalue weighted by Gasteiger charge is -2.33. The van der Waals surface area contributed by atoms with Crippen molar-refractivity contribution in [2.24, 2.45) is 0 Å². The van der Waals surface area contributed by atoms with Gasteiger partial charge in [-0.2, -0.15) is 0 Å². The normalized spacial score (nSPS) is 23.3. The van der Waals surface area contributed by atoms with Crippen molar-refractivity contribution in [3.05, 3.63) is 29.8 Å². The second kappa shape index (κ2) is 8.34. The van der Waals surface area contributed by atoms with Crippen molar-refractivity contribution < 1.29 is 14.3 Å². The van der Waals surface area contributed by atoms with E-state index < -0.39 is 0 Å². The summed E-state index contributed by atoms with van der Waals surface area (Å²) in [7, 11) is 0. The van der Waals surface area contributed by atoms with Crippen molar-refractivity contribution in [2.45, 2.75) is 51.2 Å². The van der Waals surface area contributed by atoms with Crippen LogP contribution in [0, 0.1) is 0 Å². The fourth-order valence-corrected chi connectivity index (χ4v) is 3.45. The molecule has 2 heterocycles. The van der Waals surface area contributed by atoms with Gasteiger partial charge >= 0.3 is 6.03 Å². The van der Waals surface area contributed by atoms with Gasteiger partial charge in [-0.1, -0.05) is 0 Å². The van der Waals surface area contributed by atoms with Crippen LogP contribution in [0.25, 0.3) is 0 Å². The highest BCUT2D eigenvalue weighted by atomic mass is 16.5. The number of rotatable bonds is 4. The predicted molar refractivity (Wildman–Crippen MR) is 96.8 cm³/mol. The molecular weight excluding hydrogens is 318 g/mol. The topological polar surface area (TPSA) is 70.7 Å². The SMILES string of the molecule is C[C@H]1CCCCN1C(=O)c1ccc(NC(=O)NC[C@H]2CCCO2)cc1. The molecule has 25 heavy (non-hydrogen) atoms. The molecule has 2 fully saturated rings. The third kappa shape index (κ3) is 4.72. The van der Waals surface area contributed by atoms with E-state index in [1.165, 1.54) is 6.42 Å². The third-order valence-electron chi connectivity index (χ3n) is 4.97. The van der Waals surface area contributed by atoms with Crippen molar-refractivity contribution in [1.29, 1.82) is 0 Å². The first-order valence-electron chi connectivity index (χ1n) is 9.21. The summed E-state index contributed by atoms with van der Waals surface area (Å²) < 4.78 is 5.48. The maximum Gasteiger partial charge on any atom is 0.319 e. The Morgan fingerprint density at radius 2 is 1.96 bits per heavy atom. The molecule has 3 amide bonds. The third-order valence-corrected chi connectivity index (χ3v) is 4.97. The molecule has 2 N–H and O–H groups in total. The van der Waals surface area contributed by atoms with Gasteiger partial charge in [-0.25, -0.2) is 4.79 Å². The zero-order chi connectivity index (χ0) is 17.6. The van der Waals surface area contributed by atoms with Gasteiger partial charge in [-0.3, -0.25) is 4.79 Å². The van der Waals surface area contributed by atoms with Gasteiger partial charge in [0.1, 0.15) is 0 Å². The lowest BCUT2D eigenvalue weighted by Crippen LogP contribution is -2.42. The Hall–Kier alpha value is -2.08.